The highest BCUT2D eigenvalue weighted by atomic mass is 16.1. The second-order valence-electron chi connectivity index (χ2n) is 6.89. The predicted octanol–water partition coefficient (Wildman–Crippen LogP) is 1.37. The third-order valence-corrected chi connectivity index (χ3v) is 4.96. The fraction of sp³-hybridized carbons (Fsp3) is 0.600. The molecular weight excluding hydrogens is 326 g/mol. The van der Waals surface area contributed by atoms with E-state index in [1.807, 2.05) is 6.07 Å². The van der Waals surface area contributed by atoms with E-state index >= 15 is 0 Å². The van der Waals surface area contributed by atoms with Crippen LogP contribution in [0.2, 0.25) is 0 Å². The average Bonchev–Trinajstić information content (AvgIpc) is 2.67. The number of hydrogen-bond acceptors (Lipinski definition) is 3. The maximum Gasteiger partial charge on any atom is 0.220 e. The molecule has 144 valence electrons. The van der Waals surface area contributed by atoms with Crippen LogP contribution >= 0.6 is 0 Å². The fourth-order valence-corrected chi connectivity index (χ4v) is 3.30. The molecule has 1 saturated heterocycles. The van der Waals surface area contributed by atoms with E-state index in [0.717, 1.165) is 70.8 Å². The van der Waals surface area contributed by atoms with E-state index in [9.17, 15) is 4.79 Å². The molecule has 0 radical (unpaired) electrons. The van der Waals surface area contributed by atoms with Crippen molar-refractivity contribution in [2.75, 3.05) is 39.8 Å². The summed E-state index contributed by atoms with van der Waals surface area (Å²) in [7, 11) is 1.81. The van der Waals surface area contributed by atoms with Crippen molar-refractivity contribution in [1.29, 1.82) is 0 Å². The number of likely N-dealkylation sites (tertiary alicyclic amines) is 1. The van der Waals surface area contributed by atoms with E-state index in [2.05, 4.69) is 44.8 Å². The molecule has 0 aliphatic carbocycles. The number of amides is 1. The maximum absolute atomic E-state index is 11.2. The number of carbonyl (C=O) groups is 1. The van der Waals surface area contributed by atoms with Crippen LogP contribution in [0, 0.1) is 5.92 Å². The van der Waals surface area contributed by atoms with Crippen LogP contribution in [0.25, 0.3) is 0 Å². The molecular formula is C20H33N5O. The van der Waals surface area contributed by atoms with Crippen LogP contribution in [0.1, 0.15) is 31.2 Å². The standard InChI is InChI=1S/C20H33N5O/c1-22-20(24-13-9-17-7-3-2-4-8-17)23-12-5-6-14-25-15-10-18(11-16-25)19(21)26/h2-4,7-8,18H,5-6,9-16H2,1H3,(H2,21,26)(H2,22,23,24). The number of carbonyl (C=O) groups excluding carboxylic acids is 1. The van der Waals surface area contributed by atoms with Gasteiger partial charge in [0.25, 0.3) is 0 Å². The minimum absolute atomic E-state index is 0.0817. The topological polar surface area (TPSA) is 82.8 Å². The molecule has 0 unspecified atom stereocenters. The molecule has 0 spiro atoms. The highest BCUT2D eigenvalue weighted by Gasteiger charge is 2.22. The maximum atomic E-state index is 11.2. The summed E-state index contributed by atoms with van der Waals surface area (Å²) < 4.78 is 0. The lowest BCUT2D eigenvalue weighted by molar-refractivity contribution is -0.123. The molecule has 0 aromatic heterocycles. The first-order valence-corrected chi connectivity index (χ1v) is 9.69. The minimum atomic E-state index is -0.139. The molecule has 0 bridgehead atoms. The zero-order chi connectivity index (χ0) is 18.6. The van der Waals surface area contributed by atoms with Crippen molar-refractivity contribution in [1.82, 2.24) is 15.5 Å². The zero-order valence-corrected chi connectivity index (χ0v) is 15.9. The van der Waals surface area contributed by atoms with Gasteiger partial charge in [0.1, 0.15) is 0 Å². The Morgan fingerprint density at radius 2 is 1.85 bits per heavy atom. The second-order valence-corrected chi connectivity index (χ2v) is 6.89. The third kappa shape index (κ3) is 7.44. The van der Waals surface area contributed by atoms with E-state index in [1.54, 1.807) is 7.05 Å². The first kappa shape index (κ1) is 20.2. The SMILES string of the molecule is CN=C(NCCCCN1CCC(C(N)=O)CC1)NCCc1ccccc1. The van der Waals surface area contributed by atoms with E-state index in [0.29, 0.717) is 0 Å². The van der Waals surface area contributed by atoms with Crippen LogP contribution < -0.4 is 16.4 Å². The largest absolute Gasteiger partial charge is 0.369 e. The number of benzene rings is 1. The Labute approximate surface area is 157 Å². The predicted molar refractivity (Wildman–Crippen MR) is 107 cm³/mol. The highest BCUT2D eigenvalue weighted by molar-refractivity contribution is 5.79. The Hall–Kier alpha value is -2.08. The van der Waals surface area contributed by atoms with Crippen molar-refractivity contribution in [3.8, 4) is 0 Å². The summed E-state index contributed by atoms with van der Waals surface area (Å²) in [5.41, 5.74) is 6.71. The summed E-state index contributed by atoms with van der Waals surface area (Å²) in [4.78, 5) is 17.9. The van der Waals surface area contributed by atoms with Gasteiger partial charge in [-0.2, -0.15) is 0 Å². The van der Waals surface area contributed by atoms with Crippen LogP contribution in [0.3, 0.4) is 0 Å². The number of piperidine rings is 1. The fourth-order valence-electron chi connectivity index (χ4n) is 3.30. The van der Waals surface area contributed by atoms with Crippen LogP contribution in [0.15, 0.2) is 35.3 Å². The first-order valence-electron chi connectivity index (χ1n) is 9.69. The molecule has 1 aliphatic rings. The van der Waals surface area contributed by atoms with Gasteiger partial charge in [-0.15, -0.1) is 0 Å². The molecule has 6 nitrogen and oxygen atoms in total. The van der Waals surface area contributed by atoms with Gasteiger partial charge >= 0.3 is 0 Å². The number of hydrogen-bond donors (Lipinski definition) is 3. The van der Waals surface area contributed by atoms with Crippen molar-refractivity contribution in [2.24, 2.45) is 16.6 Å². The van der Waals surface area contributed by atoms with Gasteiger partial charge in [0.2, 0.25) is 5.91 Å². The monoisotopic (exact) mass is 359 g/mol. The van der Waals surface area contributed by atoms with Crippen molar-refractivity contribution in [2.45, 2.75) is 32.1 Å². The number of guanidine groups is 1. The summed E-state index contributed by atoms with van der Waals surface area (Å²) in [5.74, 6) is 0.807. The van der Waals surface area contributed by atoms with E-state index in [4.69, 9.17) is 5.73 Å². The molecule has 4 N–H and O–H groups in total. The van der Waals surface area contributed by atoms with Crippen LogP contribution in [-0.4, -0.2) is 56.5 Å². The number of aliphatic imine (C=N–C) groups is 1. The Kier molecular flexibility index (Phi) is 8.96. The van der Waals surface area contributed by atoms with Gasteiger partial charge in [0, 0.05) is 26.1 Å². The van der Waals surface area contributed by atoms with Gasteiger partial charge in [-0.25, -0.2) is 0 Å². The van der Waals surface area contributed by atoms with E-state index in [-0.39, 0.29) is 11.8 Å². The number of nitrogens with two attached hydrogens (primary N) is 1. The molecule has 1 aromatic rings. The van der Waals surface area contributed by atoms with Crippen molar-refractivity contribution >= 4 is 11.9 Å². The number of primary amides is 1. The van der Waals surface area contributed by atoms with Gasteiger partial charge in [-0.1, -0.05) is 30.3 Å². The van der Waals surface area contributed by atoms with Gasteiger partial charge in [0.05, 0.1) is 0 Å². The summed E-state index contributed by atoms with van der Waals surface area (Å²) in [6, 6.07) is 10.5. The van der Waals surface area contributed by atoms with E-state index in [1.165, 1.54) is 5.56 Å². The summed E-state index contributed by atoms with van der Waals surface area (Å²) in [5, 5.41) is 6.73. The normalized spacial score (nSPS) is 16.4. The lowest BCUT2D eigenvalue weighted by atomic mass is 9.96. The molecule has 2 rings (SSSR count). The number of nitrogens with one attached hydrogen (secondary N) is 2. The zero-order valence-electron chi connectivity index (χ0n) is 15.9. The molecule has 1 amide bonds. The Bertz CT molecular complexity index is 553. The van der Waals surface area contributed by atoms with Crippen molar-refractivity contribution in [3.63, 3.8) is 0 Å². The number of rotatable bonds is 9. The quantitative estimate of drug-likeness (QED) is 0.353. The molecule has 1 fully saturated rings. The summed E-state index contributed by atoms with van der Waals surface area (Å²) >= 11 is 0. The van der Waals surface area contributed by atoms with Crippen LogP contribution in [0.4, 0.5) is 0 Å². The summed E-state index contributed by atoms with van der Waals surface area (Å²) in [6.45, 7) is 4.86. The Morgan fingerprint density at radius 1 is 1.15 bits per heavy atom. The average molecular weight is 360 g/mol. The molecule has 1 heterocycles. The third-order valence-electron chi connectivity index (χ3n) is 4.96. The molecule has 0 atom stereocenters. The second kappa shape index (κ2) is 11.5. The number of nitrogens with zero attached hydrogens (tertiary/aromatic N) is 2. The van der Waals surface area contributed by atoms with Gasteiger partial charge in [0.15, 0.2) is 5.96 Å². The molecule has 1 aliphatic heterocycles. The first-order chi connectivity index (χ1) is 12.7. The smallest absolute Gasteiger partial charge is 0.220 e. The lowest BCUT2D eigenvalue weighted by Gasteiger charge is -2.30. The minimum Gasteiger partial charge on any atom is -0.369 e. The van der Waals surface area contributed by atoms with Gasteiger partial charge in [-0.05, 0) is 57.3 Å². The number of unbranched alkanes of at least 4 members (excludes halogenated alkanes) is 1. The van der Waals surface area contributed by atoms with Gasteiger partial charge in [-0.3, -0.25) is 9.79 Å². The van der Waals surface area contributed by atoms with Crippen LogP contribution in [-0.2, 0) is 11.2 Å². The molecule has 1 aromatic carbocycles. The van der Waals surface area contributed by atoms with Crippen molar-refractivity contribution in [3.05, 3.63) is 35.9 Å². The van der Waals surface area contributed by atoms with Gasteiger partial charge < -0.3 is 21.3 Å². The Balaban J connectivity index is 1.51. The highest BCUT2D eigenvalue weighted by Crippen LogP contribution is 2.16. The molecule has 26 heavy (non-hydrogen) atoms. The van der Waals surface area contributed by atoms with Crippen LogP contribution in [0.5, 0.6) is 0 Å². The Morgan fingerprint density at radius 3 is 2.50 bits per heavy atom. The van der Waals surface area contributed by atoms with Crippen molar-refractivity contribution < 1.29 is 4.79 Å². The molecule has 6 heteroatoms. The van der Waals surface area contributed by atoms with E-state index < -0.39 is 0 Å². The summed E-state index contributed by atoms with van der Waals surface area (Å²) in [6.07, 6.45) is 5.06. The molecule has 0 saturated carbocycles. The lowest BCUT2D eigenvalue weighted by Crippen LogP contribution is -2.40.